The molecule has 0 saturated heterocycles. The van der Waals surface area contributed by atoms with Crippen molar-refractivity contribution in [3.05, 3.63) is 29.3 Å². The fraction of sp³-hybridized carbons (Fsp3) is 0.214. The summed E-state index contributed by atoms with van der Waals surface area (Å²) < 4.78 is 0. The number of rotatable bonds is 1. The number of nitriles is 1. The number of anilines is 3. The van der Waals surface area contributed by atoms with Gasteiger partial charge in [0, 0.05) is 17.8 Å². The van der Waals surface area contributed by atoms with E-state index in [1.165, 1.54) is 5.56 Å². The van der Waals surface area contributed by atoms with Crippen molar-refractivity contribution >= 4 is 17.5 Å². The summed E-state index contributed by atoms with van der Waals surface area (Å²) in [5.41, 5.74) is 15.3. The van der Waals surface area contributed by atoms with Crippen molar-refractivity contribution in [2.45, 2.75) is 12.8 Å². The van der Waals surface area contributed by atoms with Crippen molar-refractivity contribution in [2.75, 3.05) is 23.3 Å². The number of aromatic nitrogens is 2. The van der Waals surface area contributed by atoms with Crippen LogP contribution >= 0.6 is 0 Å². The van der Waals surface area contributed by atoms with Crippen LogP contribution in [0.4, 0.5) is 17.5 Å². The third kappa shape index (κ3) is 1.89. The summed E-state index contributed by atoms with van der Waals surface area (Å²) in [5, 5.41) is 12.7. The van der Waals surface area contributed by atoms with Gasteiger partial charge in [0.1, 0.15) is 17.5 Å². The molecule has 100 valence electrons. The number of hydrogen-bond acceptors (Lipinski definition) is 6. The first-order chi connectivity index (χ1) is 9.70. The Morgan fingerprint density at radius 1 is 1.25 bits per heavy atom. The number of nitrogen functional groups attached to an aromatic ring is 2. The van der Waals surface area contributed by atoms with Crippen LogP contribution in [0.2, 0.25) is 0 Å². The normalized spacial score (nSPS) is 13.2. The van der Waals surface area contributed by atoms with E-state index in [1.807, 2.05) is 12.1 Å². The first-order valence-electron chi connectivity index (χ1n) is 6.40. The molecular weight excluding hydrogens is 252 g/mol. The Balaban J connectivity index is 2.27. The lowest BCUT2D eigenvalue weighted by molar-refractivity contribution is 0.831. The number of fused-ring (bicyclic) bond motifs is 1. The summed E-state index contributed by atoms with van der Waals surface area (Å²) >= 11 is 0. The summed E-state index contributed by atoms with van der Waals surface area (Å²) in [6.07, 6.45) is 2.10. The maximum atomic E-state index is 9.28. The molecule has 1 aliphatic heterocycles. The number of para-hydroxylation sites is 1. The van der Waals surface area contributed by atoms with Crippen LogP contribution in [-0.2, 0) is 6.42 Å². The monoisotopic (exact) mass is 266 g/mol. The van der Waals surface area contributed by atoms with E-state index >= 15 is 0 Å². The zero-order valence-corrected chi connectivity index (χ0v) is 10.8. The summed E-state index contributed by atoms with van der Waals surface area (Å²) in [6, 6.07) is 8.01. The molecule has 1 aromatic heterocycles. The summed E-state index contributed by atoms with van der Waals surface area (Å²) in [7, 11) is 0. The van der Waals surface area contributed by atoms with Crippen LogP contribution in [0.15, 0.2) is 18.2 Å². The van der Waals surface area contributed by atoms with Crippen molar-refractivity contribution in [2.24, 2.45) is 0 Å². The van der Waals surface area contributed by atoms with Crippen LogP contribution in [0.3, 0.4) is 0 Å². The smallest absolute Gasteiger partial charge is 0.222 e. The average Bonchev–Trinajstić information content (AvgIpc) is 2.46. The molecule has 2 heterocycles. The SMILES string of the molecule is N#Cc1c(N)nc(N)nc1-c1cccc2c1NCCC2. The lowest BCUT2D eigenvalue weighted by atomic mass is 9.96. The fourth-order valence-corrected chi connectivity index (χ4v) is 2.51. The molecule has 0 unspecified atom stereocenters. The first kappa shape index (κ1) is 12.2. The van der Waals surface area contributed by atoms with E-state index in [0.717, 1.165) is 30.6 Å². The highest BCUT2D eigenvalue weighted by Gasteiger charge is 2.19. The Labute approximate surface area is 116 Å². The Morgan fingerprint density at radius 2 is 2.10 bits per heavy atom. The predicted molar refractivity (Wildman–Crippen MR) is 77.8 cm³/mol. The minimum Gasteiger partial charge on any atom is -0.384 e. The third-order valence-electron chi connectivity index (χ3n) is 3.40. The zero-order valence-electron chi connectivity index (χ0n) is 10.8. The quantitative estimate of drug-likeness (QED) is 0.721. The van der Waals surface area contributed by atoms with Crippen LogP contribution in [-0.4, -0.2) is 16.5 Å². The van der Waals surface area contributed by atoms with Gasteiger partial charge in [-0.05, 0) is 18.4 Å². The van der Waals surface area contributed by atoms with E-state index in [2.05, 4.69) is 27.4 Å². The molecule has 0 radical (unpaired) electrons. The van der Waals surface area contributed by atoms with Gasteiger partial charge in [0.25, 0.3) is 0 Å². The summed E-state index contributed by atoms with van der Waals surface area (Å²) in [5.74, 6) is 0.188. The molecule has 1 aromatic carbocycles. The highest BCUT2D eigenvalue weighted by atomic mass is 15.0. The Morgan fingerprint density at radius 3 is 2.90 bits per heavy atom. The van der Waals surface area contributed by atoms with Gasteiger partial charge in [-0.25, -0.2) is 4.98 Å². The van der Waals surface area contributed by atoms with Gasteiger partial charge in [0.2, 0.25) is 5.95 Å². The van der Waals surface area contributed by atoms with E-state index in [0.29, 0.717) is 5.69 Å². The standard InChI is InChI=1S/C14H14N6/c15-7-10-12(19-14(17)20-13(10)16)9-5-1-3-8-4-2-6-18-11(8)9/h1,3,5,18H,2,4,6H2,(H4,16,17,19,20). The van der Waals surface area contributed by atoms with Gasteiger partial charge in [0.15, 0.2) is 0 Å². The number of nitrogens with one attached hydrogen (secondary N) is 1. The molecular formula is C14H14N6. The molecule has 0 fully saturated rings. The minimum absolute atomic E-state index is 0.0740. The lowest BCUT2D eigenvalue weighted by Gasteiger charge is -2.21. The second-order valence-electron chi connectivity index (χ2n) is 4.67. The predicted octanol–water partition coefficient (Wildman–Crippen LogP) is 1.54. The van der Waals surface area contributed by atoms with Crippen molar-refractivity contribution < 1.29 is 0 Å². The molecule has 20 heavy (non-hydrogen) atoms. The topological polar surface area (TPSA) is 114 Å². The average molecular weight is 266 g/mol. The van der Waals surface area contributed by atoms with E-state index in [4.69, 9.17) is 11.5 Å². The Bertz CT molecular complexity index is 716. The summed E-state index contributed by atoms with van der Waals surface area (Å²) in [4.78, 5) is 8.05. The van der Waals surface area contributed by atoms with Gasteiger partial charge >= 0.3 is 0 Å². The van der Waals surface area contributed by atoms with Crippen LogP contribution in [0.1, 0.15) is 17.5 Å². The molecule has 3 rings (SSSR count). The van der Waals surface area contributed by atoms with Crippen molar-refractivity contribution in [1.29, 1.82) is 5.26 Å². The molecule has 0 spiro atoms. The molecule has 2 aromatic rings. The lowest BCUT2D eigenvalue weighted by Crippen LogP contribution is -2.13. The van der Waals surface area contributed by atoms with Gasteiger partial charge in [0.05, 0.1) is 5.69 Å². The minimum atomic E-state index is 0.0740. The van der Waals surface area contributed by atoms with Gasteiger partial charge < -0.3 is 16.8 Å². The largest absolute Gasteiger partial charge is 0.384 e. The molecule has 0 aliphatic carbocycles. The maximum absolute atomic E-state index is 9.28. The molecule has 0 amide bonds. The Hall–Kier alpha value is -2.81. The molecule has 0 saturated carbocycles. The molecule has 1 aliphatic rings. The van der Waals surface area contributed by atoms with Gasteiger partial charge in [-0.2, -0.15) is 10.2 Å². The highest BCUT2D eigenvalue weighted by molar-refractivity contribution is 5.84. The second-order valence-corrected chi connectivity index (χ2v) is 4.67. The molecule has 6 heteroatoms. The summed E-state index contributed by atoms with van der Waals surface area (Å²) in [6.45, 7) is 0.905. The van der Waals surface area contributed by atoms with Crippen LogP contribution in [0.5, 0.6) is 0 Å². The number of aryl methyl sites for hydroxylation is 1. The Kier molecular flexibility index (Phi) is 2.88. The van der Waals surface area contributed by atoms with E-state index < -0.39 is 0 Å². The second kappa shape index (κ2) is 4.70. The molecule has 5 N–H and O–H groups in total. The van der Waals surface area contributed by atoms with Crippen LogP contribution < -0.4 is 16.8 Å². The highest BCUT2D eigenvalue weighted by Crippen LogP contribution is 2.35. The van der Waals surface area contributed by atoms with Crippen molar-refractivity contribution in [3.8, 4) is 17.3 Å². The number of nitrogens with two attached hydrogens (primary N) is 2. The van der Waals surface area contributed by atoms with Gasteiger partial charge in [-0.1, -0.05) is 18.2 Å². The zero-order chi connectivity index (χ0) is 14.1. The fourth-order valence-electron chi connectivity index (χ4n) is 2.51. The van der Waals surface area contributed by atoms with Crippen LogP contribution in [0.25, 0.3) is 11.3 Å². The number of nitrogens with zero attached hydrogens (tertiary/aromatic N) is 3. The van der Waals surface area contributed by atoms with E-state index in [9.17, 15) is 5.26 Å². The van der Waals surface area contributed by atoms with E-state index in [-0.39, 0.29) is 17.3 Å². The van der Waals surface area contributed by atoms with Crippen molar-refractivity contribution in [1.82, 2.24) is 9.97 Å². The molecule has 0 bridgehead atoms. The molecule has 6 nitrogen and oxygen atoms in total. The third-order valence-corrected chi connectivity index (χ3v) is 3.40. The number of benzene rings is 1. The first-order valence-corrected chi connectivity index (χ1v) is 6.40. The molecule has 0 atom stereocenters. The van der Waals surface area contributed by atoms with Gasteiger partial charge in [-0.3, -0.25) is 0 Å². The van der Waals surface area contributed by atoms with Crippen molar-refractivity contribution in [3.63, 3.8) is 0 Å². The van der Waals surface area contributed by atoms with Gasteiger partial charge in [-0.15, -0.1) is 0 Å². The van der Waals surface area contributed by atoms with E-state index in [1.54, 1.807) is 0 Å². The van der Waals surface area contributed by atoms with Crippen LogP contribution in [0, 0.1) is 11.3 Å². The number of hydrogen-bond donors (Lipinski definition) is 3. The maximum Gasteiger partial charge on any atom is 0.222 e.